The molecule has 1 aliphatic heterocycles. The lowest BCUT2D eigenvalue weighted by molar-refractivity contribution is 0.525. The van der Waals surface area contributed by atoms with Crippen molar-refractivity contribution in [2.24, 2.45) is 0 Å². The fourth-order valence-corrected chi connectivity index (χ4v) is 4.88. The number of benzene rings is 2. The molecule has 1 fully saturated rings. The molecule has 0 bridgehead atoms. The summed E-state index contributed by atoms with van der Waals surface area (Å²) >= 11 is 0. The highest BCUT2D eigenvalue weighted by Gasteiger charge is 2.28. The molecule has 1 atom stereocenters. The first-order valence-corrected chi connectivity index (χ1v) is 10.4. The molecule has 1 aliphatic carbocycles. The number of rotatable bonds is 4. The topological polar surface area (TPSA) is 58.2 Å². The summed E-state index contributed by atoms with van der Waals surface area (Å²) in [6, 6.07) is 16.9. The van der Waals surface area contributed by atoms with Crippen molar-refractivity contribution in [1.29, 1.82) is 0 Å². The van der Waals surface area contributed by atoms with Gasteiger partial charge >= 0.3 is 0 Å². The minimum absolute atomic E-state index is 0.143. The molecule has 4 rings (SSSR count). The zero-order chi connectivity index (χ0) is 18.0. The van der Waals surface area contributed by atoms with Crippen LogP contribution in [0.2, 0.25) is 0 Å². The van der Waals surface area contributed by atoms with Crippen LogP contribution in [0.25, 0.3) is 11.1 Å². The van der Waals surface area contributed by atoms with Crippen LogP contribution in [0.3, 0.4) is 0 Å². The van der Waals surface area contributed by atoms with Crippen LogP contribution in [0.1, 0.15) is 19.3 Å². The second-order valence-corrected chi connectivity index (χ2v) is 8.41. The van der Waals surface area contributed by atoms with Crippen molar-refractivity contribution in [1.82, 2.24) is 10.0 Å². The summed E-state index contributed by atoms with van der Waals surface area (Å²) < 4.78 is 28.6. The van der Waals surface area contributed by atoms with Gasteiger partial charge in [-0.3, -0.25) is 0 Å². The van der Waals surface area contributed by atoms with Gasteiger partial charge in [0.2, 0.25) is 10.0 Å². The molecule has 2 aromatic carbocycles. The van der Waals surface area contributed by atoms with E-state index in [0.717, 1.165) is 42.5 Å². The van der Waals surface area contributed by atoms with Crippen molar-refractivity contribution in [2.45, 2.75) is 30.2 Å². The molecule has 1 saturated carbocycles. The Bertz CT molecular complexity index is 945. The van der Waals surface area contributed by atoms with E-state index in [1.54, 1.807) is 12.1 Å². The Morgan fingerprint density at radius 2 is 1.69 bits per heavy atom. The molecular weight excluding hydrogens is 344 g/mol. The second kappa shape index (κ2) is 7.09. The highest BCUT2D eigenvalue weighted by atomic mass is 32.2. The molecule has 2 N–H and O–H groups in total. The fraction of sp³-hybridized carbons (Fsp3) is 0.238. The van der Waals surface area contributed by atoms with E-state index in [0.29, 0.717) is 4.90 Å². The summed E-state index contributed by atoms with van der Waals surface area (Å²) in [4.78, 5) is 0.308. The van der Waals surface area contributed by atoms with E-state index in [1.165, 1.54) is 5.57 Å². The van der Waals surface area contributed by atoms with Crippen molar-refractivity contribution >= 4 is 10.0 Å². The zero-order valence-electron chi connectivity index (χ0n) is 14.5. The molecule has 134 valence electrons. The summed E-state index contributed by atoms with van der Waals surface area (Å²) in [6.07, 6.45) is 6.95. The summed E-state index contributed by atoms with van der Waals surface area (Å²) in [6.45, 7) is 0.753. The Balaban J connectivity index is 1.55. The van der Waals surface area contributed by atoms with E-state index in [1.807, 2.05) is 48.7 Å². The van der Waals surface area contributed by atoms with Crippen molar-refractivity contribution in [2.75, 3.05) is 6.54 Å². The number of nitrogens with one attached hydrogen (secondary N) is 2. The van der Waals surface area contributed by atoms with Crippen molar-refractivity contribution < 1.29 is 8.42 Å². The van der Waals surface area contributed by atoms with Gasteiger partial charge in [-0.25, -0.2) is 13.1 Å². The number of hydrogen-bond acceptors (Lipinski definition) is 3. The first-order chi connectivity index (χ1) is 12.6. The van der Waals surface area contributed by atoms with Crippen LogP contribution >= 0.6 is 0 Å². The summed E-state index contributed by atoms with van der Waals surface area (Å²) in [7, 11) is -3.55. The Morgan fingerprint density at radius 1 is 0.962 bits per heavy atom. The predicted molar refractivity (Wildman–Crippen MR) is 104 cm³/mol. The van der Waals surface area contributed by atoms with Gasteiger partial charge in [-0.05, 0) is 53.7 Å². The molecule has 0 amide bonds. The van der Waals surface area contributed by atoms with Gasteiger partial charge < -0.3 is 5.32 Å². The summed E-state index contributed by atoms with van der Waals surface area (Å²) in [5, 5.41) is 3.21. The van der Waals surface area contributed by atoms with Crippen molar-refractivity contribution in [3.05, 3.63) is 78.0 Å². The smallest absolute Gasteiger partial charge is 0.241 e. The lowest BCUT2D eigenvalue weighted by Crippen LogP contribution is -2.39. The number of fused-ring (bicyclic) bond motifs is 1. The molecule has 4 nitrogen and oxygen atoms in total. The monoisotopic (exact) mass is 366 g/mol. The van der Waals surface area contributed by atoms with Gasteiger partial charge in [-0.15, -0.1) is 0 Å². The molecule has 2 aromatic rings. The highest BCUT2D eigenvalue weighted by molar-refractivity contribution is 7.89. The zero-order valence-corrected chi connectivity index (χ0v) is 15.3. The number of sulfonamides is 1. The van der Waals surface area contributed by atoms with Crippen LogP contribution in [0, 0.1) is 0 Å². The highest BCUT2D eigenvalue weighted by Crippen LogP contribution is 2.31. The predicted octanol–water partition coefficient (Wildman–Crippen LogP) is 3.60. The number of hydrogen-bond donors (Lipinski definition) is 2. The second-order valence-electron chi connectivity index (χ2n) is 6.69. The molecule has 1 heterocycles. The molecular formula is C21H22N2O2S. The molecule has 2 aliphatic rings. The van der Waals surface area contributed by atoms with Crippen molar-refractivity contribution in [3.8, 4) is 11.1 Å². The average molecular weight is 366 g/mol. The number of dihydropyridines is 1. The largest absolute Gasteiger partial charge is 0.387 e. The van der Waals surface area contributed by atoms with Gasteiger partial charge in [0.25, 0.3) is 0 Å². The van der Waals surface area contributed by atoms with Gasteiger partial charge in [0.05, 0.1) is 4.90 Å². The first kappa shape index (κ1) is 17.1. The Kier molecular flexibility index (Phi) is 4.66. The van der Waals surface area contributed by atoms with E-state index in [9.17, 15) is 8.42 Å². The van der Waals surface area contributed by atoms with Gasteiger partial charge in [-0.1, -0.05) is 48.5 Å². The Labute approximate surface area is 154 Å². The van der Waals surface area contributed by atoms with E-state index in [4.69, 9.17) is 0 Å². The minimum Gasteiger partial charge on any atom is -0.387 e. The van der Waals surface area contributed by atoms with Crippen molar-refractivity contribution in [3.63, 3.8) is 0 Å². The van der Waals surface area contributed by atoms with Crippen LogP contribution in [0.15, 0.2) is 82.9 Å². The molecule has 0 saturated heterocycles. The van der Waals surface area contributed by atoms with E-state index in [-0.39, 0.29) is 6.04 Å². The first-order valence-electron chi connectivity index (χ1n) is 8.94. The van der Waals surface area contributed by atoms with Crippen LogP contribution in [0.5, 0.6) is 0 Å². The minimum atomic E-state index is -3.55. The van der Waals surface area contributed by atoms with Crippen LogP contribution in [0.4, 0.5) is 0 Å². The lowest BCUT2D eigenvalue weighted by Gasteiger charge is -2.30. The third kappa shape index (κ3) is 3.45. The Hall–Kier alpha value is -2.37. The Morgan fingerprint density at radius 3 is 2.46 bits per heavy atom. The molecule has 0 aromatic heterocycles. The lowest BCUT2D eigenvalue weighted by atomic mass is 9.85. The summed E-state index contributed by atoms with van der Waals surface area (Å²) in [5.41, 5.74) is 4.42. The van der Waals surface area contributed by atoms with E-state index < -0.39 is 10.0 Å². The molecule has 0 radical (unpaired) electrons. The normalized spacial score (nSPS) is 19.8. The van der Waals surface area contributed by atoms with Crippen LogP contribution in [-0.4, -0.2) is 21.0 Å². The quantitative estimate of drug-likeness (QED) is 0.869. The van der Waals surface area contributed by atoms with Gasteiger partial charge in [0, 0.05) is 18.8 Å². The standard InChI is InChI=1S/C21H22N2O2S/c24-26(25,23-21-8-4-7-18-15-22-14-13-20(18)21)19-11-9-17(10-12-19)16-5-2-1-3-6-16/h1-3,5-6,9-13,15,21-23H,4,7-8,14H2. The van der Waals surface area contributed by atoms with Gasteiger partial charge in [0.1, 0.15) is 0 Å². The van der Waals surface area contributed by atoms with Crippen LogP contribution < -0.4 is 10.0 Å². The SMILES string of the molecule is O=S(=O)(NC1CCCC2=CNCC=C21)c1ccc(-c2ccccc2)cc1. The fourth-order valence-electron chi connectivity index (χ4n) is 3.64. The molecule has 26 heavy (non-hydrogen) atoms. The molecule has 1 unspecified atom stereocenters. The maximum Gasteiger partial charge on any atom is 0.241 e. The van der Waals surface area contributed by atoms with Gasteiger partial charge in [0.15, 0.2) is 0 Å². The average Bonchev–Trinajstić information content (AvgIpc) is 2.69. The van der Waals surface area contributed by atoms with E-state index >= 15 is 0 Å². The maximum atomic E-state index is 12.8. The third-order valence-electron chi connectivity index (χ3n) is 4.97. The molecule has 0 spiro atoms. The van der Waals surface area contributed by atoms with Crippen LogP contribution in [-0.2, 0) is 10.0 Å². The maximum absolute atomic E-state index is 12.8. The molecule has 5 heteroatoms. The van der Waals surface area contributed by atoms with E-state index in [2.05, 4.69) is 16.1 Å². The third-order valence-corrected chi connectivity index (χ3v) is 6.46. The summed E-state index contributed by atoms with van der Waals surface area (Å²) in [5.74, 6) is 0. The van der Waals surface area contributed by atoms with Gasteiger partial charge in [-0.2, -0.15) is 0 Å².